The molecule has 0 saturated carbocycles. The van der Waals surface area contributed by atoms with Crippen molar-refractivity contribution in [3.05, 3.63) is 36.3 Å². The van der Waals surface area contributed by atoms with Crippen molar-refractivity contribution in [1.82, 2.24) is 20.2 Å². The average Bonchev–Trinajstić information content (AvgIpc) is 2.92. The SMILES string of the molecule is CN(CCc1ccncc1)c1nncc(NC2CCS(=O)(=O)C2)n1. The third kappa shape index (κ3) is 4.38. The lowest BCUT2D eigenvalue weighted by Crippen LogP contribution is -2.25. The van der Waals surface area contributed by atoms with Gasteiger partial charge in [0.15, 0.2) is 15.7 Å². The Morgan fingerprint density at radius 3 is 2.83 bits per heavy atom. The summed E-state index contributed by atoms with van der Waals surface area (Å²) in [7, 11) is -1.02. The Morgan fingerprint density at radius 1 is 1.33 bits per heavy atom. The van der Waals surface area contributed by atoms with Gasteiger partial charge >= 0.3 is 0 Å². The molecule has 1 saturated heterocycles. The number of pyridine rings is 1. The van der Waals surface area contributed by atoms with Gasteiger partial charge in [-0.2, -0.15) is 10.1 Å². The molecule has 128 valence electrons. The van der Waals surface area contributed by atoms with Crippen molar-refractivity contribution in [3.8, 4) is 0 Å². The van der Waals surface area contributed by atoms with Crippen LogP contribution in [0, 0.1) is 0 Å². The molecule has 3 rings (SSSR count). The van der Waals surface area contributed by atoms with Crippen LogP contribution in [0.15, 0.2) is 30.7 Å². The standard InChI is InChI=1S/C15H20N6O2S/c1-21(8-4-12-2-6-16-7-3-12)15-19-14(10-17-20-15)18-13-5-9-24(22,23)11-13/h2-3,6-7,10,13H,4-5,8-9,11H2,1H3,(H,18,19,20). The summed E-state index contributed by atoms with van der Waals surface area (Å²) in [6.07, 6.45) is 6.51. The van der Waals surface area contributed by atoms with Crippen LogP contribution in [0.2, 0.25) is 0 Å². The predicted octanol–water partition coefficient (Wildman–Crippen LogP) is 0.544. The van der Waals surface area contributed by atoms with E-state index in [1.165, 1.54) is 11.8 Å². The molecule has 0 amide bonds. The Balaban J connectivity index is 1.60. The number of rotatable bonds is 6. The van der Waals surface area contributed by atoms with Gasteiger partial charge in [-0.1, -0.05) is 0 Å². The molecule has 2 aromatic rings. The Bertz CT molecular complexity index is 784. The number of nitrogens with one attached hydrogen (secondary N) is 1. The van der Waals surface area contributed by atoms with Crippen LogP contribution < -0.4 is 10.2 Å². The first-order chi connectivity index (χ1) is 11.5. The molecule has 1 unspecified atom stereocenters. The third-order valence-corrected chi connectivity index (χ3v) is 5.73. The number of likely N-dealkylation sites (N-methyl/N-ethyl adjacent to an activating group) is 1. The van der Waals surface area contributed by atoms with Crippen LogP contribution in [-0.4, -0.2) is 59.7 Å². The second kappa shape index (κ2) is 7.08. The molecular formula is C15H20N6O2S. The van der Waals surface area contributed by atoms with Crippen molar-refractivity contribution in [2.24, 2.45) is 0 Å². The predicted molar refractivity (Wildman–Crippen MR) is 91.7 cm³/mol. The normalized spacial score (nSPS) is 19.1. The molecule has 9 heteroatoms. The van der Waals surface area contributed by atoms with E-state index < -0.39 is 9.84 Å². The van der Waals surface area contributed by atoms with E-state index in [0.717, 1.165) is 13.0 Å². The lowest BCUT2D eigenvalue weighted by Gasteiger charge is -2.18. The Labute approximate surface area is 141 Å². The van der Waals surface area contributed by atoms with E-state index in [-0.39, 0.29) is 17.5 Å². The number of anilines is 2. The molecule has 1 aliphatic rings. The number of hydrogen-bond acceptors (Lipinski definition) is 8. The van der Waals surface area contributed by atoms with Crippen LogP contribution in [-0.2, 0) is 16.3 Å². The summed E-state index contributed by atoms with van der Waals surface area (Å²) >= 11 is 0. The molecule has 0 aromatic carbocycles. The van der Waals surface area contributed by atoms with Crippen molar-refractivity contribution in [1.29, 1.82) is 0 Å². The van der Waals surface area contributed by atoms with Gasteiger partial charge < -0.3 is 10.2 Å². The molecule has 0 aliphatic carbocycles. The van der Waals surface area contributed by atoms with Crippen LogP contribution in [0.1, 0.15) is 12.0 Å². The zero-order valence-electron chi connectivity index (χ0n) is 13.5. The number of nitrogens with zero attached hydrogens (tertiary/aromatic N) is 5. The van der Waals surface area contributed by atoms with Crippen molar-refractivity contribution in [2.75, 3.05) is 35.3 Å². The van der Waals surface area contributed by atoms with Gasteiger partial charge in [0, 0.05) is 32.0 Å². The van der Waals surface area contributed by atoms with Crippen LogP contribution in [0.4, 0.5) is 11.8 Å². The Kier molecular flexibility index (Phi) is 4.89. The van der Waals surface area contributed by atoms with Gasteiger partial charge in [0.25, 0.3) is 0 Å². The molecule has 8 nitrogen and oxygen atoms in total. The van der Waals surface area contributed by atoms with E-state index in [1.807, 2.05) is 24.1 Å². The molecule has 0 bridgehead atoms. The van der Waals surface area contributed by atoms with E-state index >= 15 is 0 Å². The number of hydrogen-bond donors (Lipinski definition) is 1. The van der Waals surface area contributed by atoms with Crippen LogP contribution >= 0.6 is 0 Å². The highest BCUT2D eigenvalue weighted by Gasteiger charge is 2.28. The molecular weight excluding hydrogens is 328 g/mol. The smallest absolute Gasteiger partial charge is 0.247 e. The quantitative estimate of drug-likeness (QED) is 0.807. The minimum atomic E-state index is -2.92. The number of aromatic nitrogens is 4. The van der Waals surface area contributed by atoms with Crippen LogP contribution in [0.5, 0.6) is 0 Å². The topological polar surface area (TPSA) is 101 Å². The summed E-state index contributed by atoms with van der Waals surface area (Å²) in [5, 5.41) is 11.1. The molecule has 1 atom stereocenters. The fourth-order valence-electron chi connectivity index (χ4n) is 2.59. The summed E-state index contributed by atoms with van der Waals surface area (Å²) in [5.74, 6) is 1.43. The minimum Gasteiger partial charge on any atom is -0.365 e. The highest BCUT2D eigenvalue weighted by Crippen LogP contribution is 2.16. The first-order valence-corrected chi connectivity index (χ1v) is 9.61. The first-order valence-electron chi connectivity index (χ1n) is 7.78. The van der Waals surface area contributed by atoms with Gasteiger partial charge in [-0.15, -0.1) is 5.10 Å². The highest BCUT2D eigenvalue weighted by atomic mass is 32.2. The summed E-state index contributed by atoms with van der Waals surface area (Å²) in [6, 6.07) is 3.85. The fraction of sp³-hybridized carbons (Fsp3) is 0.467. The van der Waals surface area contributed by atoms with Gasteiger partial charge in [0.1, 0.15) is 0 Å². The molecule has 0 spiro atoms. The van der Waals surface area contributed by atoms with E-state index in [2.05, 4.69) is 25.5 Å². The first kappa shape index (κ1) is 16.6. The zero-order valence-corrected chi connectivity index (χ0v) is 14.3. The van der Waals surface area contributed by atoms with Crippen LogP contribution in [0.3, 0.4) is 0 Å². The molecule has 0 radical (unpaired) electrons. The van der Waals surface area contributed by atoms with Crippen LogP contribution in [0.25, 0.3) is 0 Å². The lowest BCUT2D eigenvalue weighted by molar-refractivity contribution is 0.602. The second-order valence-corrected chi connectivity index (χ2v) is 8.14. The van der Waals surface area contributed by atoms with E-state index in [4.69, 9.17) is 0 Å². The van der Waals surface area contributed by atoms with Gasteiger partial charge in [-0.05, 0) is 30.5 Å². The van der Waals surface area contributed by atoms with Crippen molar-refractivity contribution < 1.29 is 8.42 Å². The van der Waals surface area contributed by atoms with E-state index in [1.54, 1.807) is 12.4 Å². The number of sulfone groups is 1. The van der Waals surface area contributed by atoms with E-state index in [0.29, 0.717) is 18.2 Å². The largest absolute Gasteiger partial charge is 0.365 e. The molecule has 1 fully saturated rings. The van der Waals surface area contributed by atoms with E-state index in [9.17, 15) is 8.42 Å². The summed E-state index contributed by atoms with van der Waals surface area (Å²) in [5.41, 5.74) is 1.19. The van der Waals surface area contributed by atoms with Crippen molar-refractivity contribution in [3.63, 3.8) is 0 Å². The molecule has 24 heavy (non-hydrogen) atoms. The molecule has 2 aromatic heterocycles. The molecule has 1 aliphatic heterocycles. The minimum absolute atomic E-state index is 0.110. The molecule has 1 N–H and O–H groups in total. The van der Waals surface area contributed by atoms with Gasteiger partial charge in [0.2, 0.25) is 5.95 Å². The fourth-order valence-corrected chi connectivity index (χ4v) is 4.26. The maximum atomic E-state index is 11.5. The Hall–Kier alpha value is -2.29. The average molecular weight is 348 g/mol. The van der Waals surface area contributed by atoms with Crippen molar-refractivity contribution >= 4 is 21.6 Å². The second-order valence-electron chi connectivity index (χ2n) is 5.91. The maximum absolute atomic E-state index is 11.5. The highest BCUT2D eigenvalue weighted by molar-refractivity contribution is 7.91. The summed E-state index contributed by atoms with van der Waals surface area (Å²) < 4.78 is 23.1. The van der Waals surface area contributed by atoms with Gasteiger partial charge in [-0.3, -0.25) is 4.98 Å². The van der Waals surface area contributed by atoms with Gasteiger partial charge in [-0.25, -0.2) is 8.42 Å². The van der Waals surface area contributed by atoms with Crippen molar-refractivity contribution in [2.45, 2.75) is 18.9 Å². The summed E-state index contributed by atoms with van der Waals surface area (Å²) in [6.45, 7) is 0.743. The van der Waals surface area contributed by atoms with Gasteiger partial charge in [0.05, 0.1) is 17.7 Å². The monoisotopic (exact) mass is 348 g/mol. The summed E-state index contributed by atoms with van der Waals surface area (Å²) in [4.78, 5) is 10.4. The molecule has 3 heterocycles. The Morgan fingerprint density at radius 2 is 2.12 bits per heavy atom. The third-order valence-electron chi connectivity index (χ3n) is 3.96. The zero-order chi connectivity index (χ0) is 17.0. The lowest BCUT2D eigenvalue weighted by atomic mass is 10.2. The maximum Gasteiger partial charge on any atom is 0.247 e.